The number of hydrogen-bond acceptors (Lipinski definition) is 3. The van der Waals surface area contributed by atoms with Crippen molar-refractivity contribution in [2.75, 3.05) is 12.4 Å². The largest absolute Gasteiger partial charge is 0.496 e. The summed E-state index contributed by atoms with van der Waals surface area (Å²) in [5.74, 6) is 1.61. The summed E-state index contributed by atoms with van der Waals surface area (Å²) in [6.45, 7) is 0. The molecular weight excluding hydrogens is 426 g/mol. The van der Waals surface area contributed by atoms with E-state index >= 15 is 0 Å². The second kappa shape index (κ2) is 6.92. The molecule has 146 valence electrons. The maximum atomic E-state index is 7.87. The molecule has 2 aliphatic rings. The van der Waals surface area contributed by atoms with Crippen LogP contribution in [0.2, 0.25) is 0 Å². The van der Waals surface area contributed by atoms with Crippen molar-refractivity contribution >= 4 is 27.5 Å². The molecule has 3 unspecified atom stereocenters. The van der Waals surface area contributed by atoms with Crippen molar-refractivity contribution < 1.29 is 4.74 Å². The molecule has 0 fully saturated rings. The molecule has 0 bridgehead atoms. The summed E-state index contributed by atoms with van der Waals surface area (Å²) in [7, 11) is 1.73. The Balaban J connectivity index is 1.71. The number of anilines is 1. The number of nitrogens with two attached hydrogens (primary N) is 1. The third-order valence-electron chi connectivity index (χ3n) is 6.24. The number of ether oxygens (including phenoxy) is 1. The van der Waals surface area contributed by atoms with Crippen LogP contribution in [0.25, 0.3) is 0 Å². The molecule has 5 rings (SSSR count). The first-order chi connectivity index (χ1) is 14.1. The number of fused-ring (bicyclic) bond motifs is 5. The van der Waals surface area contributed by atoms with Gasteiger partial charge in [0.1, 0.15) is 11.6 Å². The number of nitrogen functional groups attached to an aromatic ring is 1. The summed E-state index contributed by atoms with van der Waals surface area (Å²) in [4.78, 5) is 0. The van der Waals surface area contributed by atoms with Gasteiger partial charge in [0.2, 0.25) is 0 Å². The molecule has 0 saturated heterocycles. The van der Waals surface area contributed by atoms with Gasteiger partial charge in [0, 0.05) is 27.2 Å². The monoisotopic (exact) mass is 447 g/mol. The molecule has 4 nitrogen and oxygen atoms in total. The van der Waals surface area contributed by atoms with Gasteiger partial charge in [0.05, 0.1) is 13.2 Å². The van der Waals surface area contributed by atoms with E-state index in [0.717, 1.165) is 33.5 Å². The fraction of sp³-hybridized carbons (Fsp3) is 0.208. The number of amidine groups is 1. The Morgan fingerprint density at radius 2 is 1.90 bits per heavy atom. The third kappa shape index (κ3) is 2.92. The van der Waals surface area contributed by atoms with Gasteiger partial charge in [-0.25, -0.2) is 0 Å². The van der Waals surface area contributed by atoms with E-state index < -0.39 is 0 Å². The zero-order valence-electron chi connectivity index (χ0n) is 16.1. The average Bonchev–Trinajstić information content (AvgIpc) is 3.12. The molecule has 29 heavy (non-hydrogen) atoms. The molecule has 0 aromatic heterocycles. The van der Waals surface area contributed by atoms with E-state index in [2.05, 4.69) is 63.7 Å². The fourth-order valence-electron chi connectivity index (χ4n) is 4.98. The third-order valence-corrected chi connectivity index (χ3v) is 6.73. The Hall–Kier alpha value is -2.79. The predicted molar refractivity (Wildman–Crippen MR) is 120 cm³/mol. The molecule has 0 radical (unpaired) electrons. The van der Waals surface area contributed by atoms with Crippen molar-refractivity contribution in [2.24, 2.45) is 11.7 Å². The van der Waals surface area contributed by atoms with Crippen molar-refractivity contribution in [2.45, 2.75) is 18.4 Å². The number of methoxy groups -OCH3 is 1. The van der Waals surface area contributed by atoms with E-state index in [1.54, 1.807) is 7.11 Å². The highest BCUT2D eigenvalue weighted by Gasteiger charge is 2.44. The maximum absolute atomic E-state index is 7.87. The summed E-state index contributed by atoms with van der Waals surface area (Å²) in [6.07, 6.45) is 0.998. The van der Waals surface area contributed by atoms with Crippen molar-refractivity contribution in [1.29, 1.82) is 5.41 Å². The first kappa shape index (κ1) is 18.3. The first-order valence-corrected chi connectivity index (χ1v) is 10.5. The van der Waals surface area contributed by atoms with E-state index in [4.69, 9.17) is 15.9 Å². The van der Waals surface area contributed by atoms with Gasteiger partial charge in [-0.3, -0.25) is 5.41 Å². The van der Waals surface area contributed by atoms with E-state index in [0.29, 0.717) is 5.92 Å². The van der Waals surface area contributed by atoms with Gasteiger partial charge >= 0.3 is 0 Å². The molecule has 3 aromatic rings. The van der Waals surface area contributed by atoms with Crippen LogP contribution in [0.4, 0.5) is 5.69 Å². The van der Waals surface area contributed by atoms with Crippen LogP contribution in [0.1, 0.15) is 39.8 Å². The zero-order chi connectivity index (χ0) is 20.1. The number of benzene rings is 3. The van der Waals surface area contributed by atoms with Crippen LogP contribution in [0.5, 0.6) is 5.75 Å². The van der Waals surface area contributed by atoms with Crippen molar-refractivity contribution in [3.8, 4) is 5.75 Å². The number of nitrogens with one attached hydrogen (secondary N) is 2. The molecule has 3 aromatic carbocycles. The minimum atomic E-state index is 0.103. The molecule has 1 aliphatic carbocycles. The van der Waals surface area contributed by atoms with Crippen LogP contribution < -0.4 is 15.8 Å². The van der Waals surface area contributed by atoms with Gasteiger partial charge in [-0.15, -0.1) is 0 Å². The topological polar surface area (TPSA) is 71.1 Å². The lowest BCUT2D eigenvalue weighted by Gasteiger charge is -2.38. The lowest BCUT2D eigenvalue weighted by molar-refractivity contribution is 0.379. The molecule has 0 spiro atoms. The van der Waals surface area contributed by atoms with Gasteiger partial charge in [0.15, 0.2) is 0 Å². The van der Waals surface area contributed by atoms with Crippen LogP contribution in [0.15, 0.2) is 65.1 Å². The minimum absolute atomic E-state index is 0.103. The van der Waals surface area contributed by atoms with Gasteiger partial charge in [-0.05, 0) is 65.4 Å². The standard InChI is InChI=1S/C24H22BrN3O/c1-29-21-9-7-15(25)12-18(21)23-19-10-13-4-2-3-5-16(13)22(19)17-11-14(24(26)27)6-8-20(17)28-23/h2-9,11-12,19,22-23,28H,10H2,1H3,(H3,26,27). The Kier molecular flexibility index (Phi) is 4.36. The second-order valence-corrected chi connectivity index (χ2v) is 8.68. The van der Waals surface area contributed by atoms with Gasteiger partial charge < -0.3 is 15.8 Å². The van der Waals surface area contributed by atoms with Crippen LogP contribution >= 0.6 is 15.9 Å². The lowest BCUT2D eigenvalue weighted by atomic mass is 9.75. The summed E-state index contributed by atoms with van der Waals surface area (Å²) in [5, 5.41) is 11.6. The molecule has 3 atom stereocenters. The SMILES string of the molecule is COc1ccc(Br)cc1C1Nc2ccc(C(=N)N)cc2C2c3ccccc3CC12. The van der Waals surface area contributed by atoms with E-state index in [-0.39, 0.29) is 17.8 Å². The van der Waals surface area contributed by atoms with Crippen molar-refractivity contribution in [1.82, 2.24) is 0 Å². The molecule has 0 saturated carbocycles. The zero-order valence-corrected chi connectivity index (χ0v) is 17.7. The molecule has 4 N–H and O–H groups in total. The molecule has 1 heterocycles. The van der Waals surface area contributed by atoms with Crippen LogP contribution in [-0.4, -0.2) is 12.9 Å². The Labute approximate surface area is 178 Å². The van der Waals surface area contributed by atoms with Crippen molar-refractivity contribution in [3.63, 3.8) is 0 Å². The van der Waals surface area contributed by atoms with Gasteiger partial charge in [-0.1, -0.05) is 40.2 Å². The predicted octanol–water partition coefficient (Wildman–Crippen LogP) is 5.21. The second-order valence-electron chi connectivity index (χ2n) is 7.77. The molecule has 1 aliphatic heterocycles. The quantitative estimate of drug-likeness (QED) is 0.381. The van der Waals surface area contributed by atoms with Crippen molar-refractivity contribution in [3.05, 3.63) is 93.0 Å². The Morgan fingerprint density at radius 1 is 1.07 bits per heavy atom. The normalized spacial score (nSPS) is 21.5. The molecular formula is C24H22BrN3O. The summed E-state index contributed by atoms with van der Waals surface area (Å²) in [5.41, 5.74) is 12.8. The van der Waals surface area contributed by atoms with Gasteiger partial charge in [0.25, 0.3) is 0 Å². The first-order valence-electron chi connectivity index (χ1n) is 9.73. The van der Waals surface area contributed by atoms with E-state index in [1.807, 2.05) is 18.2 Å². The number of rotatable bonds is 3. The van der Waals surface area contributed by atoms with Crippen LogP contribution in [0.3, 0.4) is 0 Å². The number of halogens is 1. The van der Waals surface area contributed by atoms with Gasteiger partial charge in [-0.2, -0.15) is 0 Å². The lowest BCUT2D eigenvalue weighted by Crippen LogP contribution is -2.31. The van der Waals surface area contributed by atoms with Crippen LogP contribution in [-0.2, 0) is 6.42 Å². The fourth-order valence-corrected chi connectivity index (χ4v) is 5.36. The highest BCUT2D eigenvalue weighted by atomic mass is 79.9. The average molecular weight is 448 g/mol. The Morgan fingerprint density at radius 3 is 2.69 bits per heavy atom. The van der Waals surface area contributed by atoms with E-state index in [9.17, 15) is 0 Å². The summed E-state index contributed by atoms with van der Waals surface area (Å²) >= 11 is 3.63. The molecule has 5 heteroatoms. The summed E-state index contributed by atoms with van der Waals surface area (Å²) < 4.78 is 6.75. The van der Waals surface area contributed by atoms with Crippen LogP contribution in [0, 0.1) is 11.3 Å². The minimum Gasteiger partial charge on any atom is -0.496 e. The molecule has 0 amide bonds. The maximum Gasteiger partial charge on any atom is 0.124 e. The summed E-state index contributed by atoms with van der Waals surface area (Å²) in [6, 6.07) is 21.1. The van der Waals surface area contributed by atoms with E-state index in [1.165, 1.54) is 16.7 Å². The smallest absolute Gasteiger partial charge is 0.124 e. The highest BCUT2D eigenvalue weighted by Crippen LogP contribution is 2.55. The highest BCUT2D eigenvalue weighted by molar-refractivity contribution is 9.10. The Bertz CT molecular complexity index is 1130. The number of hydrogen-bond donors (Lipinski definition) is 3.